The summed E-state index contributed by atoms with van der Waals surface area (Å²) in [7, 11) is 2.01. The number of hydrogen-bond acceptors (Lipinski definition) is 6. The summed E-state index contributed by atoms with van der Waals surface area (Å²) < 4.78 is 4.32. The van der Waals surface area contributed by atoms with Gasteiger partial charge in [0.15, 0.2) is 28.2 Å². The monoisotopic (exact) mass is 457 g/mol. The van der Waals surface area contributed by atoms with Gasteiger partial charge in [-0.25, -0.2) is 19.1 Å². The fraction of sp³-hybridized carbons (Fsp3) is 0.125. The van der Waals surface area contributed by atoms with Crippen molar-refractivity contribution in [2.45, 2.75) is 13.1 Å². The highest BCUT2D eigenvalue weighted by Gasteiger charge is 2.24. The molecule has 5 aromatic rings. The highest BCUT2D eigenvalue weighted by Crippen LogP contribution is 2.17. The van der Waals surface area contributed by atoms with Gasteiger partial charge >= 0.3 is 0 Å². The molecule has 0 atom stereocenters. The molecule has 0 unspecified atom stereocenters. The summed E-state index contributed by atoms with van der Waals surface area (Å²) in [6.07, 6.45) is 1.72. The first-order valence-corrected chi connectivity index (χ1v) is 10.5. The molecule has 0 saturated heterocycles. The van der Waals surface area contributed by atoms with Gasteiger partial charge in [-0.3, -0.25) is 4.79 Å². The molecule has 0 radical (unpaired) electrons. The molecule has 3 heterocycles. The number of nitrogen functional groups attached to an aromatic ring is 1. The lowest BCUT2D eigenvalue weighted by Gasteiger charge is -2.07. The molecule has 10 heteroatoms. The standard InChI is InChI=1S/C23H21N7O.CH2O2/c1-29-17-9-5-6-10-18(17)30(14-15-7-3-2-4-8-15)19(29)13-26-23(31)20-21(24)28-22-16(27-20)11-12-25-22;2-1-3/h2-12H,13-14H2,1H3,(H3-,24,25,26,27,28,31);1H,(H,2,3). The molecule has 5 rings (SSSR count). The molecule has 0 aliphatic carbocycles. The lowest BCUT2D eigenvalue weighted by Crippen LogP contribution is -2.38. The molecule has 34 heavy (non-hydrogen) atoms. The number of aromatic nitrogens is 5. The Bertz CT molecular complexity index is 1460. The van der Waals surface area contributed by atoms with Crippen LogP contribution in [0.25, 0.3) is 22.2 Å². The number of amides is 1. The molecule has 3 aromatic heterocycles. The predicted octanol–water partition coefficient (Wildman–Crippen LogP) is 0.664. The van der Waals surface area contributed by atoms with E-state index in [0.717, 1.165) is 16.9 Å². The maximum Gasteiger partial charge on any atom is 0.277 e. The van der Waals surface area contributed by atoms with Crippen molar-refractivity contribution >= 4 is 40.4 Å². The Labute approximate surface area is 194 Å². The zero-order valence-electron chi connectivity index (χ0n) is 18.4. The van der Waals surface area contributed by atoms with Gasteiger partial charge in [0.25, 0.3) is 11.7 Å². The van der Waals surface area contributed by atoms with Crippen LogP contribution in [-0.4, -0.2) is 31.9 Å². The Morgan fingerprint density at radius 3 is 2.62 bits per heavy atom. The van der Waals surface area contributed by atoms with Crippen LogP contribution in [0.3, 0.4) is 0 Å². The van der Waals surface area contributed by atoms with Crippen molar-refractivity contribution in [3.8, 4) is 0 Å². The molecule has 1 amide bonds. The summed E-state index contributed by atoms with van der Waals surface area (Å²) in [5.74, 6) is 0.707. The number of imidazole rings is 1. The second-order valence-corrected chi connectivity index (χ2v) is 7.48. The summed E-state index contributed by atoms with van der Waals surface area (Å²) in [5.41, 5.74) is 10.6. The number of carbonyl (C=O) groups excluding carboxylic acids is 2. The zero-order valence-corrected chi connectivity index (χ0v) is 18.4. The minimum Gasteiger partial charge on any atom is -0.554 e. The Kier molecular flexibility index (Phi) is 6.49. The number of rotatable bonds is 5. The summed E-state index contributed by atoms with van der Waals surface area (Å²) in [6.45, 7) is 0.522. The molecule has 0 saturated carbocycles. The van der Waals surface area contributed by atoms with Crippen molar-refractivity contribution in [2.75, 3.05) is 5.73 Å². The van der Waals surface area contributed by atoms with Gasteiger partial charge in [0, 0.05) is 12.7 Å². The topological polar surface area (TPSA) is 146 Å². The third-order valence-corrected chi connectivity index (χ3v) is 5.45. The van der Waals surface area contributed by atoms with Gasteiger partial charge in [-0.2, -0.15) is 0 Å². The Hall–Kier alpha value is -4.73. The first kappa shape index (κ1) is 22.5. The van der Waals surface area contributed by atoms with Gasteiger partial charge in [0.1, 0.15) is 18.6 Å². The van der Waals surface area contributed by atoms with E-state index < -0.39 is 6.47 Å². The van der Waals surface area contributed by atoms with Crippen LogP contribution in [0, 0.1) is 0 Å². The van der Waals surface area contributed by atoms with Crippen molar-refractivity contribution in [2.24, 2.45) is 7.05 Å². The fourth-order valence-corrected chi connectivity index (χ4v) is 3.89. The van der Waals surface area contributed by atoms with E-state index in [1.54, 1.807) is 12.3 Å². The van der Waals surface area contributed by atoms with E-state index in [9.17, 15) is 4.79 Å². The summed E-state index contributed by atoms with van der Waals surface area (Å²) in [4.78, 5) is 32.7. The quantitative estimate of drug-likeness (QED) is 0.261. The number of nitrogens with two attached hydrogens (primary N) is 1. The number of para-hydroxylation sites is 2. The minimum atomic E-state index is -0.500. The lowest BCUT2D eigenvalue weighted by atomic mass is 10.2. The highest BCUT2D eigenvalue weighted by atomic mass is 16.3. The molecule has 0 bridgehead atoms. The van der Waals surface area contributed by atoms with Crippen molar-refractivity contribution in [3.05, 3.63) is 83.9 Å². The number of benzene rings is 2. The molecule has 10 nitrogen and oxygen atoms in total. The molecule has 4 N–H and O–H groups in total. The molecule has 0 aliphatic heterocycles. The normalized spacial score (nSPS) is 10.6. The summed E-state index contributed by atoms with van der Waals surface area (Å²) in [5, 5.41) is 11.2. The van der Waals surface area contributed by atoms with Crippen LogP contribution in [0.5, 0.6) is 0 Å². The number of nitrogens with zero attached hydrogens (tertiary/aromatic N) is 4. The van der Waals surface area contributed by atoms with Gasteiger partial charge in [0.05, 0.1) is 7.05 Å². The van der Waals surface area contributed by atoms with Crippen LogP contribution in [-0.2, 0) is 24.9 Å². The molecule has 0 aliphatic rings. The number of nitrogens with one attached hydrogen (secondary N) is 2. The third kappa shape index (κ3) is 4.42. The van der Waals surface area contributed by atoms with Crippen molar-refractivity contribution < 1.29 is 19.3 Å². The smallest absolute Gasteiger partial charge is 0.277 e. The first-order chi connectivity index (χ1) is 16.5. The zero-order chi connectivity index (χ0) is 24.1. The number of fused-ring (bicyclic) bond motifs is 2. The fourth-order valence-electron chi connectivity index (χ4n) is 3.89. The SMILES string of the molecule is C[n+]1c(CNC(=O)c2nc3cc[nH]c3nc2N)n(Cc2ccccc2)c2ccccc21.O=C[O-]. The van der Waals surface area contributed by atoms with E-state index in [1.165, 1.54) is 5.56 Å². The van der Waals surface area contributed by atoms with E-state index in [1.807, 2.05) is 37.4 Å². The van der Waals surface area contributed by atoms with E-state index in [-0.39, 0.29) is 17.4 Å². The maximum absolute atomic E-state index is 12.9. The molecular formula is C24H23N7O3. The molecule has 2 aromatic carbocycles. The van der Waals surface area contributed by atoms with Gasteiger partial charge in [-0.05, 0) is 23.8 Å². The van der Waals surface area contributed by atoms with E-state index in [2.05, 4.69) is 53.7 Å². The van der Waals surface area contributed by atoms with Crippen LogP contribution >= 0.6 is 0 Å². The second-order valence-electron chi connectivity index (χ2n) is 7.48. The van der Waals surface area contributed by atoms with Crippen LogP contribution in [0.15, 0.2) is 66.9 Å². The van der Waals surface area contributed by atoms with E-state index in [0.29, 0.717) is 24.3 Å². The van der Waals surface area contributed by atoms with E-state index in [4.69, 9.17) is 15.6 Å². The maximum atomic E-state index is 12.9. The minimum absolute atomic E-state index is 0.0988. The molecule has 172 valence electrons. The number of carboxylic acid groups (broad SMARTS) is 1. The Balaban J connectivity index is 0.000000868. The number of hydrogen-bond donors (Lipinski definition) is 3. The van der Waals surface area contributed by atoms with Crippen molar-refractivity contribution in [1.29, 1.82) is 0 Å². The predicted molar refractivity (Wildman–Crippen MR) is 124 cm³/mol. The second kappa shape index (κ2) is 9.82. The number of aromatic amines is 1. The average Bonchev–Trinajstić information content (AvgIpc) is 3.40. The highest BCUT2D eigenvalue weighted by molar-refractivity contribution is 5.98. The van der Waals surface area contributed by atoms with Crippen LogP contribution in [0.4, 0.5) is 5.82 Å². The Morgan fingerprint density at radius 1 is 1.15 bits per heavy atom. The van der Waals surface area contributed by atoms with Gasteiger partial charge < -0.3 is 25.9 Å². The average molecular weight is 457 g/mol. The van der Waals surface area contributed by atoms with Gasteiger partial charge in [-0.1, -0.05) is 42.5 Å². The van der Waals surface area contributed by atoms with Gasteiger partial charge in [0.2, 0.25) is 0 Å². The third-order valence-electron chi connectivity index (χ3n) is 5.45. The van der Waals surface area contributed by atoms with Crippen LogP contribution in [0.1, 0.15) is 21.9 Å². The number of carbonyl (C=O) groups is 2. The number of H-pyrrole nitrogens is 1. The first-order valence-electron chi connectivity index (χ1n) is 10.5. The summed E-state index contributed by atoms with van der Waals surface area (Å²) >= 11 is 0. The van der Waals surface area contributed by atoms with Crippen molar-refractivity contribution in [3.63, 3.8) is 0 Å². The van der Waals surface area contributed by atoms with Crippen LogP contribution < -0.4 is 20.7 Å². The van der Waals surface area contributed by atoms with Crippen molar-refractivity contribution in [1.82, 2.24) is 24.8 Å². The molecular weight excluding hydrogens is 434 g/mol. The van der Waals surface area contributed by atoms with Crippen LogP contribution in [0.2, 0.25) is 0 Å². The van der Waals surface area contributed by atoms with Gasteiger partial charge in [-0.15, -0.1) is 0 Å². The molecule has 0 spiro atoms. The Morgan fingerprint density at radius 2 is 1.85 bits per heavy atom. The van der Waals surface area contributed by atoms with E-state index >= 15 is 0 Å². The number of aryl methyl sites for hydroxylation is 1. The summed E-state index contributed by atoms with van der Waals surface area (Å²) in [6, 6.07) is 20.2. The molecule has 0 fully saturated rings. The largest absolute Gasteiger partial charge is 0.554 e. The lowest BCUT2D eigenvalue weighted by molar-refractivity contribution is -0.654. The number of anilines is 1.